The van der Waals surface area contributed by atoms with Crippen LogP contribution in [0.25, 0.3) is 22.2 Å². The lowest BCUT2D eigenvalue weighted by Crippen LogP contribution is -2.19. The highest BCUT2D eigenvalue weighted by molar-refractivity contribution is 7.90. The molecule has 6 nitrogen and oxygen atoms in total. The molecule has 0 aliphatic heterocycles. The van der Waals surface area contributed by atoms with E-state index in [4.69, 9.17) is 10.00 Å². The van der Waals surface area contributed by atoms with E-state index in [0.29, 0.717) is 0 Å². The number of methoxy groups -OCH3 is 1. The lowest BCUT2D eigenvalue weighted by molar-refractivity contribution is 0.0741. The van der Waals surface area contributed by atoms with Crippen LogP contribution in [0.5, 0.6) is 0 Å². The summed E-state index contributed by atoms with van der Waals surface area (Å²) < 4.78 is 59.2. The molecule has 0 radical (unpaired) electrons. The number of ether oxygens (including phenoxy) is 1. The van der Waals surface area contributed by atoms with Crippen molar-refractivity contribution in [3.05, 3.63) is 63.3 Å². The van der Waals surface area contributed by atoms with Gasteiger partial charge in [0.25, 0.3) is 0 Å². The van der Waals surface area contributed by atoms with E-state index in [9.17, 15) is 17.6 Å². The van der Waals surface area contributed by atoms with Gasteiger partial charge in [0.15, 0.2) is 21.1 Å². The summed E-state index contributed by atoms with van der Waals surface area (Å²) in [6, 6.07) is 7.66. The third kappa shape index (κ3) is 4.40. The first-order valence-corrected chi connectivity index (χ1v) is 11.1. The van der Waals surface area contributed by atoms with Gasteiger partial charge < -0.3 is 9.72 Å². The molecule has 0 aliphatic rings. The molecule has 0 bridgehead atoms. The molecule has 3 aromatic rings. The molecular formula is C23H18F2N2O4S. The summed E-state index contributed by atoms with van der Waals surface area (Å²) >= 11 is 0. The normalized spacial score (nSPS) is 11.7. The molecule has 0 aliphatic carbocycles. The Morgan fingerprint density at radius 3 is 2.44 bits per heavy atom. The average molecular weight is 456 g/mol. The number of nitrogens with one attached hydrogen (secondary N) is 1. The minimum absolute atomic E-state index is 0.00169. The van der Waals surface area contributed by atoms with E-state index in [1.807, 2.05) is 6.07 Å². The van der Waals surface area contributed by atoms with Crippen LogP contribution in [0.3, 0.4) is 0 Å². The fraction of sp³-hybridized carbons (Fsp3) is 0.217. The maximum absolute atomic E-state index is 15.0. The summed E-state index contributed by atoms with van der Waals surface area (Å²) in [6.07, 6.45) is 0.975. The van der Waals surface area contributed by atoms with Gasteiger partial charge in [0, 0.05) is 25.0 Å². The highest BCUT2D eigenvalue weighted by Crippen LogP contribution is 2.29. The first-order valence-electron chi connectivity index (χ1n) is 9.26. The predicted molar refractivity (Wildman–Crippen MR) is 116 cm³/mol. The van der Waals surface area contributed by atoms with Crippen LogP contribution in [-0.4, -0.2) is 32.4 Å². The zero-order valence-electron chi connectivity index (χ0n) is 17.6. The van der Waals surface area contributed by atoms with Crippen LogP contribution in [0.4, 0.5) is 8.78 Å². The molecule has 1 heterocycles. The number of hydrogen-bond donors (Lipinski definition) is 1. The Bertz CT molecular complexity index is 1520. The average Bonchev–Trinajstić information content (AvgIpc) is 2.71. The van der Waals surface area contributed by atoms with Crippen LogP contribution in [0.15, 0.2) is 40.0 Å². The van der Waals surface area contributed by atoms with Gasteiger partial charge >= 0.3 is 0 Å². The Balaban J connectivity index is 2.32. The van der Waals surface area contributed by atoms with Crippen molar-refractivity contribution < 1.29 is 21.9 Å². The molecule has 0 fully saturated rings. The second-order valence-electron chi connectivity index (χ2n) is 7.58. The first-order chi connectivity index (χ1) is 14.9. The lowest BCUT2D eigenvalue weighted by Gasteiger charge is -2.14. The summed E-state index contributed by atoms with van der Waals surface area (Å²) in [5.74, 6) is 2.85. The smallest absolute Gasteiger partial charge is 0.193 e. The van der Waals surface area contributed by atoms with E-state index in [0.717, 1.165) is 18.4 Å². The number of H-pyrrole nitrogens is 1. The van der Waals surface area contributed by atoms with Crippen molar-refractivity contribution in [3.8, 4) is 29.2 Å². The van der Waals surface area contributed by atoms with Crippen molar-refractivity contribution in [1.82, 2.24) is 4.98 Å². The Kier molecular flexibility index (Phi) is 5.92. The van der Waals surface area contributed by atoms with Crippen LogP contribution in [0.2, 0.25) is 0 Å². The molecule has 0 atom stereocenters. The molecule has 164 valence electrons. The number of halogens is 2. The summed E-state index contributed by atoms with van der Waals surface area (Å²) in [5, 5.41) is 8.74. The van der Waals surface area contributed by atoms with E-state index < -0.39 is 43.5 Å². The summed E-state index contributed by atoms with van der Waals surface area (Å²) in [4.78, 5) is 15.3. The van der Waals surface area contributed by atoms with Gasteiger partial charge in [0.1, 0.15) is 11.4 Å². The third-order valence-corrected chi connectivity index (χ3v) is 5.96. The first kappa shape index (κ1) is 23.1. The standard InChI is InChI=1S/C23H18F2N2O4S/c1-23(2,31-3)8-7-14-16(24)10-18-21(22(14)25)19(28)11-17(27-18)15-9-13(12-26)5-6-20(15)32(4,29)30/h5-6,9-11H,1-4H3,(H,27,28). The summed E-state index contributed by atoms with van der Waals surface area (Å²) in [6.45, 7) is 3.23. The van der Waals surface area contributed by atoms with Gasteiger partial charge in [-0.15, -0.1) is 0 Å². The maximum atomic E-state index is 15.0. The minimum Gasteiger partial charge on any atom is -0.366 e. The van der Waals surface area contributed by atoms with Crippen LogP contribution in [0.1, 0.15) is 25.0 Å². The Morgan fingerprint density at radius 2 is 1.84 bits per heavy atom. The number of benzene rings is 2. The van der Waals surface area contributed by atoms with Gasteiger partial charge in [0.2, 0.25) is 0 Å². The van der Waals surface area contributed by atoms with Gasteiger partial charge in [-0.25, -0.2) is 17.2 Å². The van der Waals surface area contributed by atoms with E-state index >= 15 is 4.39 Å². The molecule has 2 aromatic carbocycles. The van der Waals surface area contributed by atoms with E-state index in [1.165, 1.54) is 25.3 Å². The maximum Gasteiger partial charge on any atom is 0.193 e. The number of rotatable bonds is 3. The minimum atomic E-state index is -3.73. The molecule has 1 N–H and O–H groups in total. The predicted octanol–water partition coefficient (Wildman–Crippen LogP) is 3.52. The monoisotopic (exact) mass is 456 g/mol. The van der Waals surface area contributed by atoms with E-state index in [-0.39, 0.29) is 27.2 Å². The molecule has 3 rings (SSSR count). The SMILES string of the molecule is COC(C)(C)C#Cc1c(F)cc2[nH]c(-c3cc(C#N)ccc3S(C)(=O)=O)cc(=O)c2c1F. The highest BCUT2D eigenvalue weighted by Gasteiger charge is 2.20. The van der Waals surface area contributed by atoms with Crippen molar-refractivity contribution in [2.45, 2.75) is 24.3 Å². The molecular weight excluding hydrogens is 438 g/mol. The van der Waals surface area contributed by atoms with Crippen LogP contribution in [0, 0.1) is 34.8 Å². The third-order valence-electron chi connectivity index (χ3n) is 4.81. The molecule has 0 spiro atoms. The van der Waals surface area contributed by atoms with Gasteiger partial charge in [-0.3, -0.25) is 4.79 Å². The van der Waals surface area contributed by atoms with E-state index in [2.05, 4.69) is 16.8 Å². The van der Waals surface area contributed by atoms with E-state index in [1.54, 1.807) is 13.8 Å². The topological polar surface area (TPSA) is 100 Å². The summed E-state index contributed by atoms with van der Waals surface area (Å²) in [7, 11) is -2.33. The van der Waals surface area contributed by atoms with Crippen molar-refractivity contribution in [1.29, 1.82) is 5.26 Å². The van der Waals surface area contributed by atoms with Crippen molar-refractivity contribution in [3.63, 3.8) is 0 Å². The Labute approximate surface area is 183 Å². The lowest BCUT2D eigenvalue weighted by atomic mass is 10.0. The number of fused-ring (bicyclic) bond motifs is 1. The molecule has 1 aromatic heterocycles. The second kappa shape index (κ2) is 8.19. The number of pyridine rings is 1. The number of aromatic amines is 1. The molecule has 0 amide bonds. The van der Waals surface area contributed by atoms with Gasteiger partial charge in [0.05, 0.1) is 38.7 Å². The zero-order chi connectivity index (χ0) is 23.8. The van der Waals surface area contributed by atoms with Crippen LogP contribution < -0.4 is 5.43 Å². The number of hydrogen-bond acceptors (Lipinski definition) is 5. The molecule has 0 unspecified atom stereocenters. The largest absolute Gasteiger partial charge is 0.366 e. The van der Waals surface area contributed by atoms with Crippen molar-refractivity contribution >= 4 is 20.7 Å². The number of sulfone groups is 1. The zero-order valence-corrected chi connectivity index (χ0v) is 18.4. The quantitative estimate of drug-likeness (QED) is 0.608. The Morgan fingerprint density at radius 1 is 1.16 bits per heavy atom. The Hall–Kier alpha value is -3.53. The molecule has 0 saturated carbocycles. The highest BCUT2D eigenvalue weighted by atomic mass is 32.2. The van der Waals surface area contributed by atoms with Crippen LogP contribution >= 0.6 is 0 Å². The van der Waals surface area contributed by atoms with Gasteiger partial charge in [-0.2, -0.15) is 5.26 Å². The number of nitrogens with zero attached hydrogens (tertiary/aromatic N) is 1. The molecule has 0 saturated heterocycles. The molecule has 9 heteroatoms. The van der Waals surface area contributed by atoms with Crippen molar-refractivity contribution in [2.24, 2.45) is 0 Å². The second-order valence-corrected chi connectivity index (χ2v) is 9.56. The van der Waals surface area contributed by atoms with Crippen molar-refractivity contribution in [2.75, 3.05) is 13.4 Å². The van der Waals surface area contributed by atoms with Gasteiger partial charge in [-0.05, 0) is 38.1 Å². The fourth-order valence-corrected chi connectivity index (χ4v) is 3.88. The number of aromatic nitrogens is 1. The molecule has 32 heavy (non-hydrogen) atoms. The summed E-state index contributed by atoms with van der Waals surface area (Å²) in [5.41, 5.74) is -2.34. The number of nitriles is 1. The van der Waals surface area contributed by atoms with Crippen LogP contribution in [-0.2, 0) is 14.6 Å². The van der Waals surface area contributed by atoms with Gasteiger partial charge in [-0.1, -0.05) is 11.8 Å². The fourth-order valence-electron chi connectivity index (χ4n) is 3.00.